The number of unbranched alkanes of at least 4 members (excludes halogenated alkanes) is 3. The third-order valence-electron chi connectivity index (χ3n) is 2.88. The molecule has 2 N–H and O–H groups in total. The minimum absolute atomic E-state index is 0.135. The Balaban J connectivity index is 2.87. The molecule has 1 aromatic rings. The van der Waals surface area contributed by atoms with Crippen LogP contribution in [0, 0.1) is 4.77 Å². The summed E-state index contributed by atoms with van der Waals surface area (Å²) in [5, 5.41) is 10.1. The Labute approximate surface area is 123 Å². The third-order valence-corrected chi connectivity index (χ3v) is 3.20. The lowest BCUT2D eigenvalue weighted by Gasteiger charge is -2.08. The molecule has 20 heavy (non-hydrogen) atoms. The third kappa shape index (κ3) is 4.45. The van der Waals surface area contributed by atoms with Crippen molar-refractivity contribution in [3.05, 3.63) is 33.3 Å². The standard InChI is InChI=1S/C14H21N3O2S/c1-3-5-6-7-8-15-10-11-12(18)16-14(20)17(9-4-2)13(11)19/h4,10,19H,2-3,5-9H2,1H3,(H,16,18,20). The lowest BCUT2D eigenvalue weighted by molar-refractivity contribution is 0.413. The van der Waals surface area contributed by atoms with Gasteiger partial charge in [-0.3, -0.25) is 19.3 Å². The number of hydrogen-bond acceptors (Lipinski definition) is 4. The molecule has 0 saturated heterocycles. The van der Waals surface area contributed by atoms with Crippen molar-refractivity contribution in [2.75, 3.05) is 6.54 Å². The monoisotopic (exact) mass is 295 g/mol. The van der Waals surface area contributed by atoms with Gasteiger partial charge in [0.05, 0.1) is 0 Å². The summed E-state index contributed by atoms with van der Waals surface area (Å²) in [5.41, 5.74) is -0.291. The predicted octanol–water partition coefficient (Wildman–Crippen LogP) is 2.80. The van der Waals surface area contributed by atoms with Crippen LogP contribution >= 0.6 is 12.2 Å². The van der Waals surface area contributed by atoms with E-state index in [0.29, 0.717) is 13.1 Å². The van der Waals surface area contributed by atoms with E-state index in [1.54, 1.807) is 6.08 Å². The fraction of sp³-hybridized carbons (Fsp3) is 0.500. The predicted molar refractivity (Wildman–Crippen MR) is 84.4 cm³/mol. The van der Waals surface area contributed by atoms with Crippen molar-refractivity contribution in [1.29, 1.82) is 0 Å². The summed E-state index contributed by atoms with van der Waals surface area (Å²) in [6.07, 6.45) is 7.47. The number of H-pyrrole nitrogens is 1. The summed E-state index contributed by atoms with van der Waals surface area (Å²) < 4.78 is 1.58. The number of aromatic amines is 1. The molecule has 0 aromatic carbocycles. The topological polar surface area (TPSA) is 70.4 Å². The highest BCUT2D eigenvalue weighted by molar-refractivity contribution is 7.71. The van der Waals surface area contributed by atoms with Crippen molar-refractivity contribution >= 4 is 18.4 Å². The molecule has 0 saturated carbocycles. The van der Waals surface area contributed by atoms with Crippen molar-refractivity contribution in [2.45, 2.75) is 39.2 Å². The van der Waals surface area contributed by atoms with Gasteiger partial charge in [-0.15, -0.1) is 6.58 Å². The number of allylic oxidation sites excluding steroid dienone is 1. The highest BCUT2D eigenvalue weighted by atomic mass is 32.1. The fourth-order valence-corrected chi connectivity index (χ4v) is 2.03. The van der Waals surface area contributed by atoms with Crippen LogP contribution in [0.1, 0.15) is 38.2 Å². The van der Waals surface area contributed by atoms with Crippen LogP contribution in [0.15, 0.2) is 22.4 Å². The Kier molecular flexibility index (Phi) is 6.93. The van der Waals surface area contributed by atoms with Crippen LogP contribution in [0.4, 0.5) is 0 Å². The zero-order valence-electron chi connectivity index (χ0n) is 11.8. The van der Waals surface area contributed by atoms with Gasteiger partial charge in [0.15, 0.2) is 4.77 Å². The van der Waals surface area contributed by atoms with E-state index in [1.165, 1.54) is 23.6 Å². The van der Waals surface area contributed by atoms with Crippen LogP contribution in [0.2, 0.25) is 0 Å². The van der Waals surface area contributed by atoms with Crippen LogP contribution in [0.3, 0.4) is 0 Å². The van der Waals surface area contributed by atoms with Crippen LogP contribution < -0.4 is 5.56 Å². The maximum Gasteiger partial charge on any atom is 0.264 e. The molecule has 0 unspecified atom stereocenters. The molecule has 0 amide bonds. The molecule has 0 aliphatic heterocycles. The molecule has 5 nitrogen and oxygen atoms in total. The van der Waals surface area contributed by atoms with E-state index in [0.717, 1.165) is 12.8 Å². The van der Waals surface area contributed by atoms with Gasteiger partial charge in [0.2, 0.25) is 5.88 Å². The molecule has 1 heterocycles. The molecule has 0 aliphatic carbocycles. The fourth-order valence-electron chi connectivity index (χ4n) is 1.78. The van der Waals surface area contributed by atoms with E-state index in [-0.39, 0.29) is 16.2 Å². The van der Waals surface area contributed by atoms with Crippen molar-refractivity contribution in [3.8, 4) is 5.88 Å². The van der Waals surface area contributed by atoms with Crippen LogP contribution in [-0.2, 0) is 6.54 Å². The van der Waals surface area contributed by atoms with Gasteiger partial charge in [0.25, 0.3) is 5.56 Å². The first-order chi connectivity index (χ1) is 9.61. The van der Waals surface area contributed by atoms with Crippen molar-refractivity contribution in [2.24, 2.45) is 4.99 Å². The Morgan fingerprint density at radius 1 is 1.45 bits per heavy atom. The smallest absolute Gasteiger partial charge is 0.264 e. The molecule has 1 rings (SSSR count). The summed E-state index contributed by atoms with van der Waals surface area (Å²) in [6.45, 7) is 6.72. The minimum atomic E-state index is -0.426. The van der Waals surface area contributed by atoms with Gasteiger partial charge in [-0.05, 0) is 18.6 Å². The van der Waals surface area contributed by atoms with Crippen molar-refractivity contribution in [1.82, 2.24) is 9.55 Å². The van der Waals surface area contributed by atoms with E-state index in [1.807, 2.05) is 0 Å². The number of aromatic hydroxyl groups is 1. The lowest BCUT2D eigenvalue weighted by atomic mass is 10.2. The van der Waals surface area contributed by atoms with Gasteiger partial charge >= 0.3 is 0 Å². The summed E-state index contributed by atoms with van der Waals surface area (Å²) >= 11 is 4.99. The first-order valence-corrected chi connectivity index (χ1v) is 7.19. The van der Waals surface area contributed by atoms with Crippen LogP contribution in [0.25, 0.3) is 0 Å². The largest absolute Gasteiger partial charge is 0.494 e. The zero-order valence-corrected chi connectivity index (χ0v) is 12.6. The molecule has 0 fully saturated rings. The quantitative estimate of drug-likeness (QED) is 0.335. The molecular formula is C14H21N3O2S. The second kappa shape index (κ2) is 8.47. The summed E-state index contributed by atoms with van der Waals surface area (Å²) in [4.78, 5) is 18.5. The first kappa shape index (κ1) is 16.4. The number of aromatic nitrogens is 2. The molecule has 0 aliphatic rings. The minimum Gasteiger partial charge on any atom is -0.494 e. The van der Waals surface area contributed by atoms with E-state index < -0.39 is 5.56 Å². The summed E-state index contributed by atoms with van der Waals surface area (Å²) in [6, 6.07) is 0. The Bertz CT molecular complexity index is 587. The normalized spacial score (nSPS) is 11.1. The maximum absolute atomic E-state index is 11.8. The zero-order chi connectivity index (χ0) is 15.0. The molecule has 0 atom stereocenters. The van der Waals surface area contributed by atoms with E-state index >= 15 is 0 Å². The van der Waals surface area contributed by atoms with E-state index in [4.69, 9.17) is 12.2 Å². The number of nitrogens with zero attached hydrogens (tertiary/aromatic N) is 2. The number of aliphatic imine (C=N–C) groups is 1. The number of nitrogens with one attached hydrogen (secondary N) is 1. The van der Waals surface area contributed by atoms with Gasteiger partial charge in [-0.2, -0.15) is 0 Å². The number of rotatable bonds is 8. The van der Waals surface area contributed by atoms with Gasteiger partial charge in [0, 0.05) is 19.3 Å². The Morgan fingerprint density at radius 2 is 2.20 bits per heavy atom. The summed E-state index contributed by atoms with van der Waals surface area (Å²) in [7, 11) is 0. The molecule has 1 aromatic heterocycles. The molecule has 0 radical (unpaired) electrons. The Morgan fingerprint density at radius 3 is 2.85 bits per heavy atom. The molecule has 0 bridgehead atoms. The molecule has 6 heteroatoms. The van der Waals surface area contributed by atoms with Gasteiger partial charge in [0.1, 0.15) is 5.56 Å². The Hall–Kier alpha value is -1.69. The first-order valence-electron chi connectivity index (χ1n) is 6.78. The van der Waals surface area contributed by atoms with Gasteiger partial charge in [-0.1, -0.05) is 32.3 Å². The lowest BCUT2D eigenvalue weighted by Crippen LogP contribution is -2.18. The second-order valence-corrected chi connectivity index (χ2v) is 4.88. The van der Waals surface area contributed by atoms with E-state index in [2.05, 4.69) is 23.5 Å². The SMILES string of the molecule is C=CCn1c(O)c(C=NCCCCCC)c(=O)[nH]c1=S. The highest BCUT2D eigenvalue weighted by Gasteiger charge is 2.09. The highest BCUT2D eigenvalue weighted by Crippen LogP contribution is 2.11. The maximum atomic E-state index is 11.8. The van der Waals surface area contributed by atoms with E-state index in [9.17, 15) is 9.90 Å². The average molecular weight is 295 g/mol. The average Bonchev–Trinajstić information content (AvgIpc) is 2.41. The van der Waals surface area contributed by atoms with Crippen molar-refractivity contribution < 1.29 is 5.11 Å². The molecule has 0 spiro atoms. The van der Waals surface area contributed by atoms with Gasteiger partial charge < -0.3 is 5.11 Å². The molecule has 110 valence electrons. The van der Waals surface area contributed by atoms with Crippen molar-refractivity contribution in [3.63, 3.8) is 0 Å². The molecular weight excluding hydrogens is 274 g/mol. The second-order valence-electron chi connectivity index (χ2n) is 4.49. The van der Waals surface area contributed by atoms with Gasteiger partial charge in [-0.25, -0.2) is 0 Å². The van der Waals surface area contributed by atoms with Crippen LogP contribution in [-0.4, -0.2) is 27.4 Å². The number of hydrogen-bond donors (Lipinski definition) is 2. The van der Waals surface area contributed by atoms with Crippen LogP contribution in [0.5, 0.6) is 5.88 Å². The summed E-state index contributed by atoms with van der Waals surface area (Å²) in [5.74, 6) is -0.170.